The molecule has 1 aliphatic rings. The van der Waals surface area contributed by atoms with Gasteiger partial charge in [0, 0.05) is 18.4 Å². The average Bonchev–Trinajstić information content (AvgIpc) is 2.73. The van der Waals surface area contributed by atoms with E-state index in [1.54, 1.807) is 12.1 Å². The fourth-order valence-corrected chi connectivity index (χ4v) is 2.08. The molecule has 19 heavy (non-hydrogen) atoms. The van der Waals surface area contributed by atoms with Crippen LogP contribution < -0.4 is 4.74 Å². The SMILES string of the molecule is CC1Cc2cc(C(=O)CCOCC(F)F)ccc2O1. The van der Waals surface area contributed by atoms with E-state index in [9.17, 15) is 13.6 Å². The highest BCUT2D eigenvalue weighted by atomic mass is 19.3. The van der Waals surface area contributed by atoms with Gasteiger partial charge in [-0.05, 0) is 30.7 Å². The van der Waals surface area contributed by atoms with Crippen molar-refractivity contribution >= 4 is 5.78 Å². The number of carbonyl (C=O) groups excluding carboxylic acids is 1. The van der Waals surface area contributed by atoms with Gasteiger partial charge in [0.25, 0.3) is 6.43 Å². The first-order chi connectivity index (χ1) is 9.06. The van der Waals surface area contributed by atoms with E-state index in [0.717, 1.165) is 17.7 Å². The van der Waals surface area contributed by atoms with E-state index in [4.69, 9.17) is 9.47 Å². The maximum atomic E-state index is 11.9. The Morgan fingerprint density at radius 2 is 2.32 bits per heavy atom. The lowest BCUT2D eigenvalue weighted by Gasteiger charge is -2.05. The number of Topliss-reactive ketones (excluding diaryl/α,β-unsaturated/α-hetero) is 1. The third-order valence-corrected chi connectivity index (χ3v) is 2.94. The molecular weight excluding hydrogens is 254 g/mol. The summed E-state index contributed by atoms with van der Waals surface area (Å²) < 4.78 is 33.9. The molecule has 1 aromatic rings. The zero-order valence-corrected chi connectivity index (χ0v) is 10.7. The van der Waals surface area contributed by atoms with Gasteiger partial charge in [-0.3, -0.25) is 4.79 Å². The fraction of sp³-hybridized carbons (Fsp3) is 0.500. The number of carbonyl (C=O) groups is 1. The van der Waals surface area contributed by atoms with Gasteiger partial charge < -0.3 is 9.47 Å². The Hall–Kier alpha value is -1.49. The molecule has 0 radical (unpaired) electrons. The highest BCUT2D eigenvalue weighted by molar-refractivity contribution is 5.96. The molecule has 0 aromatic heterocycles. The largest absolute Gasteiger partial charge is 0.490 e. The minimum absolute atomic E-state index is 0.0210. The van der Waals surface area contributed by atoms with Crippen LogP contribution >= 0.6 is 0 Å². The number of ether oxygens (including phenoxy) is 2. The quantitative estimate of drug-likeness (QED) is 0.589. The first-order valence-electron chi connectivity index (χ1n) is 6.25. The van der Waals surface area contributed by atoms with E-state index < -0.39 is 13.0 Å². The summed E-state index contributed by atoms with van der Waals surface area (Å²) in [7, 11) is 0. The number of fused-ring (bicyclic) bond motifs is 1. The predicted molar refractivity (Wildman–Crippen MR) is 66.0 cm³/mol. The maximum Gasteiger partial charge on any atom is 0.261 e. The number of alkyl halides is 2. The summed E-state index contributed by atoms with van der Waals surface area (Å²) in [5, 5.41) is 0. The monoisotopic (exact) mass is 270 g/mol. The lowest BCUT2D eigenvalue weighted by molar-refractivity contribution is 0.0170. The molecule has 1 atom stereocenters. The van der Waals surface area contributed by atoms with Crippen molar-refractivity contribution in [3.05, 3.63) is 29.3 Å². The van der Waals surface area contributed by atoms with Gasteiger partial charge in [-0.2, -0.15) is 0 Å². The van der Waals surface area contributed by atoms with Crippen LogP contribution in [-0.4, -0.2) is 31.5 Å². The highest BCUT2D eigenvalue weighted by Crippen LogP contribution is 2.29. The fourth-order valence-electron chi connectivity index (χ4n) is 2.08. The molecule has 0 fully saturated rings. The second-order valence-corrected chi connectivity index (χ2v) is 4.59. The van der Waals surface area contributed by atoms with E-state index in [0.29, 0.717) is 5.56 Å². The van der Waals surface area contributed by atoms with Gasteiger partial charge in [-0.15, -0.1) is 0 Å². The lowest BCUT2D eigenvalue weighted by Crippen LogP contribution is -2.09. The van der Waals surface area contributed by atoms with Crippen molar-refractivity contribution < 1.29 is 23.0 Å². The minimum Gasteiger partial charge on any atom is -0.490 e. The van der Waals surface area contributed by atoms with E-state index >= 15 is 0 Å². The Morgan fingerprint density at radius 3 is 3.05 bits per heavy atom. The zero-order valence-electron chi connectivity index (χ0n) is 10.7. The van der Waals surface area contributed by atoms with Crippen LogP contribution in [0.4, 0.5) is 8.78 Å². The topological polar surface area (TPSA) is 35.5 Å². The second-order valence-electron chi connectivity index (χ2n) is 4.59. The lowest BCUT2D eigenvalue weighted by atomic mass is 10.0. The summed E-state index contributed by atoms with van der Waals surface area (Å²) >= 11 is 0. The Balaban J connectivity index is 1.88. The Kier molecular flexibility index (Phi) is 4.47. The first kappa shape index (κ1) is 13.9. The van der Waals surface area contributed by atoms with Gasteiger partial charge in [-0.1, -0.05) is 0 Å². The normalized spacial score (nSPS) is 17.4. The molecular formula is C14H16F2O3. The van der Waals surface area contributed by atoms with Crippen LogP contribution in [0, 0.1) is 0 Å². The van der Waals surface area contributed by atoms with Gasteiger partial charge in [-0.25, -0.2) is 8.78 Å². The number of benzene rings is 1. The average molecular weight is 270 g/mol. The molecule has 0 N–H and O–H groups in total. The van der Waals surface area contributed by atoms with Crippen LogP contribution in [0.15, 0.2) is 18.2 Å². The van der Waals surface area contributed by atoms with E-state index in [-0.39, 0.29) is 24.9 Å². The summed E-state index contributed by atoms with van der Waals surface area (Å²) in [6.45, 7) is 1.37. The van der Waals surface area contributed by atoms with Gasteiger partial charge in [0.15, 0.2) is 5.78 Å². The summed E-state index contributed by atoms with van der Waals surface area (Å²) in [6, 6.07) is 5.30. The molecule has 2 rings (SSSR count). The first-order valence-corrected chi connectivity index (χ1v) is 6.25. The third-order valence-electron chi connectivity index (χ3n) is 2.94. The van der Waals surface area contributed by atoms with Crippen LogP contribution in [0.25, 0.3) is 0 Å². The zero-order chi connectivity index (χ0) is 13.8. The summed E-state index contributed by atoms with van der Waals surface area (Å²) in [5.41, 5.74) is 1.60. The molecule has 0 saturated heterocycles. The molecule has 1 heterocycles. The number of hydrogen-bond donors (Lipinski definition) is 0. The Morgan fingerprint density at radius 1 is 1.53 bits per heavy atom. The van der Waals surface area contributed by atoms with Crippen LogP contribution in [0.3, 0.4) is 0 Å². The molecule has 104 valence electrons. The number of ketones is 1. The number of rotatable bonds is 6. The van der Waals surface area contributed by atoms with Gasteiger partial charge in [0.2, 0.25) is 0 Å². The van der Waals surface area contributed by atoms with E-state index in [2.05, 4.69) is 0 Å². The van der Waals surface area contributed by atoms with Crippen molar-refractivity contribution in [2.75, 3.05) is 13.2 Å². The van der Waals surface area contributed by atoms with Crippen LogP contribution in [0.5, 0.6) is 5.75 Å². The van der Waals surface area contributed by atoms with Crippen molar-refractivity contribution in [3.8, 4) is 5.75 Å². The van der Waals surface area contributed by atoms with Crippen molar-refractivity contribution in [3.63, 3.8) is 0 Å². The van der Waals surface area contributed by atoms with E-state index in [1.165, 1.54) is 0 Å². The summed E-state index contributed by atoms with van der Waals surface area (Å²) in [4.78, 5) is 11.9. The van der Waals surface area contributed by atoms with Crippen LogP contribution in [-0.2, 0) is 11.2 Å². The molecule has 1 unspecified atom stereocenters. The molecule has 0 spiro atoms. The van der Waals surface area contributed by atoms with E-state index in [1.807, 2.05) is 13.0 Å². The van der Waals surface area contributed by atoms with Crippen LogP contribution in [0.1, 0.15) is 29.3 Å². The second kappa shape index (κ2) is 6.10. The van der Waals surface area contributed by atoms with Gasteiger partial charge >= 0.3 is 0 Å². The third kappa shape index (κ3) is 3.73. The molecule has 1 aromatic carbocycles. The van der Waals surface area contributed by atoms with Crippen molar-refractivity contribution in [1.29, 1.82) is 0 Å². The molecule has 0 saturated carbocycles. The summed E-state index contributed by atoms with van der Waals surface area (Å²) in [6.07, 6.45) is -1.45. The van der Waals surface area contributed by atoms with Crippen LogP contribution in [0.2, 0.25) is 0 Å². The highest BCUT2D eigenvalue weighted by Gasteiger charge is 2.20. The van der Waals surface area contributed by atoms with Crippen molar-refractivity contribution in [2.24, 2.45) is 0 Å². The number of halogens is 2. The van der Waals surface area contributed by atoms with Gasteiger partial charge in [0.05, 0.1) is 6.61 Å². The molecule has 3 nitrogen and oxygen atoms in total. The smallest absolute Gasteiger partial charge is 0.261 e. The summed E-state index contributed by atoms with van der Waals surface area (Å²) in [5.74, 6) is 0.717. The molecule has 1 aliphatic heterocycles. The van der Waals surface area contributed by atoms with Gasteiger partial charge in [0.1, 0.15) is 18.5 Å². The number of hydrogen-bond acceptors (Lipinski definition) is 3. The minimum atomic E-state index is -2.49. The molecule has 5 heteroatoms. The molecule has 0 amide bonds. The predicted octanol–water partition coefficient (Wildman–Crippen LogP) is 2.86. The van der Waals surface area contributed by atoms with Crippen molar-refractivity contribution in [1.82, 2.24) is 0 Å². The van der Waals surface area contributed by atoms with Crippen molar-refractivity contribution in [2.45, 2.75) is 32.3 Å². The maximum absolute atomic E-state index is 11.9. The Bertz CT molecular complexity index is 460. The molecule has 0 bridgehead atoms. The molecule has 0 aliphatic carbocycles. The Labute approximate surface area is 110 Å². The standard InChI is InChI=1S/C14H16F2O3/c1-9-6-11-7-10(2-3-13(11)19-9)12(17)4-5-18-8-14(15)16/h2-3,7,9,14H,4-6,8H2,1H3.